The monoisotopic (exact) mass is 286 g/mol. The third-order valence-corrected chi connectivity index (χ3v) is 8.21. The van der Waals surface area contributed by atoms with Gasteiger partial charge in [0.1, 0.15) is 4.50 Å². The average Bonchev–Trinajstić information content (AvgIpc) is 2.30. The van der Waals surface area contributed by atoms with Crippen LogP contribution in [0.4, 0.5) is 0 Å². The number of hydrogen-bond acceptors (Lipinski definition) is 2. The highest BCUT2D eigenvalue weighted by molar-refractivity contribution is 6.77. The minimum atomic E-state index is -2.47. The predicted molar refractivity (Wildman–Crippen MR) is 79.3 cm³/mol. The van der Waals surface area contributed by atoms with Crippen molar-refractivity contribution in [3.8, 4) is 0 Å². The molecule has 1 rings (SSSR count). The third-order valence-electron chi connectivity index (χ3n) is 3.29. The lowest BCUT2D eigenvalue weighted by Gasteiger charge is -2.38. The van der Waals surface area contributed by atoms with Crippen molar-refractivity contribution in [3.63, 3.8) is 0 Å². The molecule has 2 nitrogen and oxygen atoms in total. The molecule has 0 bridgehead atoms. The van der Waals surface area contributed by atoms with Crippen molar-refractivity contribution in [2.75, 3.05) is 13.2 Å². The van der Waals surface area contributed by atoms with E-state index in [2.05, 4.69) is 31.2 Å². The molecule has 1 aromatic carbocycles. The van der Waals surface area contributed by atoms with Crippen molar-refractivity contribution in [2.24, 2.45) is 0 Å². The Kier molecular flexibility index (Phi) is 5.41. The second-order valence-electron chi connectivity index (χ2n) is 4.68. The van der Waals surface area contributed by atoms with E-state index in [0.29, 0.717) is 13.2 Å². The minimum Gasteiger partial charge on any atom is -0.393 e. The molecule has 0 aliphatic carbocycles. The van der Waals surface area contributed by atoms with Crippen LogP contribution in [0.5, 0.6) is 0 Å². The Morgan fingerprint density at radius 1 is 1.11 bits per heavy atom. The Morgan fingerprint density at radius 2 is 1.56 bits per heavy atom. The first kappa shape index (κ1) is 15.7. The van der Waals surface area contributed by atoms with E-state index in [4.69, 9.17) is 20.5 Å². The van der Waals surface area contributed by atoms with Gasteiger partial charge in [0, 0.05) is 13.2 Å². The molecule has 0 spiro atoms. The van der Waals surface area contributed by atoms with Crippen molar-refractivity contribution in [3.05, 3.63) is 35.4 Å². The topological polar surface area (TPSA) is 18.5 Å². The molecule has 0 amide bonds. The molecular weight excluding hydrogens is 264 g/mol. The van der Waals surface area contributed by atoms with Crippen molar-refractivity contribution >= 4 is 20.2 Å². The maximum atomic E-state index is 6.79. The number of hydrogen-bond donors (Lipinski definition) is 0. The van der Waals surface area contributed by atoms with Crippen LogP contribution in [0.2, 0.25) is 6.55 Å². The summed E-state index contributed by atoms with van der Waals surface area (Å²) in [5.74, 6) is 0. The molecule has 18 heavy (non-hydrogen) atoms. The molecule has 0 aliphatic heterocycles. The van der Waals surface area contributed by atoms with Gasteiger partial charge in [-0.3, -0.25) is 0 Å². The first-order valence-corrected chi connectivity index (χ1v) is 9.10. The molecule has 0 heterocycles. The van der Waals surface area contributed by atoms with Crippen LogP contribution < -0.4 is 0 Å². The lowest BCUT2D eigenvalue weighted by atomic mass is 10.1. The van der Waals surface area contributed by atoms with E-state index in [1.54, 1.807) is 0 Å². The molecule has 0 saturated carbocycles. The van der Waals surface area contributed by atoms with E-state index in [-0.39, 0.29) is 0 Å². The summed E-state index contributed by atoms with van der Waals surface area (Å²) in [5.41, 5.74) is 2.29. The summed E-state index contributed by atoms with van der Waals surface area (Å²) in [5, 5.41) is 0. The summed E-state index contributed by atoms with van der Waals surface area (Å²) >= 11 is 6.79. The lowest BCUT2D eigenvalue weighted by Crippen LogP contribution is -2.54. The number of aryl methyl sites for hydroxylation is 1. The summed E-state index contributed by atoms with van der Waals surface area (Å²) in [6.45, 7) is 11.3. The molecule has 4 heteroatoms. The highest BCUT2D eigenvalue weighted by Crippen LogP contribution is 2.39. The number of halogens is 1. The minimum absolute atomic E-state index is 0.591. The lowest BCUT2D eigenvalue weighted by molar-refractivity contribution is 0.176. The first-order valence-electron chi connectivity index (χ1n) is 6.41. The van der Waals surface area contributed by atoms with Crippen LogP contribution >= 0.6 is 11.6 Å². The normalized spacial score (nSPS) is 15.4. The SMILES string of the molecule is CCO[Si](C)(OCC)C(C)(Cl)c1ccc(C)cc1. The summed E-state index contributed by atoms with van der Waals surface area (Å²) < 4.78 is 11.2. The maximum absolute atomic E-state index is 6.79. The standard InChI is InChI=1S/C14H23ClO2Si/c1-6-16-18(5,17-7-2)14(4,15)13-10-8-12(3)9-11-13/h8-11H,6-7H2,1-5H3. The van der Waals surface area contributed by atoms with Gasteiger partial charge in [-0.05, 0) is 39.8 Å². The maximum Gasteiger partial charge on any atom is 0.360 e. The van der Waals surface area contributed by atoms with Crippen LogP contribution in [0.3, 0.4) is 0 Å². The molecule has 1 aromatic rings. The Morgan fingerprint density at radius 3 is 1.94 bits per heavy atom. The summed E-state index contributed by atoms with van der Waals surface area (Å²) in [6.07, 6.45) is 0. The fourth-order valence-corrected chi connectivity index (χ4v) is 4.86. The van der Waals surface area contributed by atoms with Crippen molar-refractivity contribution in [1.29, 1.82) is 0 Å². The number of rotatable bonds is 6. The van der Waals surface area contributed by atoms with Gasteiger partial charge in [-0.15, -0.1) is 11.6 Å². The second-order valence-corrected chi connectivity index (χ2v) is 9.22. The Hall–Kier alpha value is -0.353. The summed E-state index contributed by atoms with van der Waals surface area (Å²) in [6, 6.07) is 8.27. The smallest absolute Gasteiger partial charge is 0.360 e. The largest absolute Gasteiger partial charge is 0.393 e. The first-order chi connectivity index (χ1) is 8.37. The molecule has 0 aliphatic rings. The molecule has 0 aromatic heterocycles. The number of benzene rings is 1. The van der Waals surface area contributed by atoms with Crippen LogP contribution in [0.25, 0.3) is 0 Å². The van der Waals surface area contributed by atoms with Crippen LogP contribution in [0.1, 0.15) is 31.9 Å². The molecule has 0 radical (unpaired) electrons. The molecule has 0 saturated heterocycles. The van der Waals surface area contributed by atoms with E-state index < -0.39 is 13.1 Å². The third kappa shape index (κ3) is 3.15. The number of alkyl halides is 1. The Balaban J connectivity index is 3.11. The molecule has 1 atom stereocenters. The van der Waals surface area contributed by atoms with E-state index >= 15 is 0 Å². The highest BCUT2D eigenvalue weighted by Gasteiger charge is 2.51. The zero-order chi connectivity index (χ0) is 13.8. The van der Waals surface area contributed by atoms with Crippen LogP contribution in [-0.4, -0.2) is 21.8 Å². The van der Waals surface area contributed by atoms with E-state index in [1.807, 2.05) is 27.3 Å². The fraction of sp³-hybridized carbons (Fsp3) is 0.571. The van der Waals surface area contributed by atoms with Gasteiger partial charge in [0.05, 0.1) is 0 Å². The van der Waals surface area contributed by atoms with E-state index in [9.17, 15) is 0 Å². The van der Waals surface area contributed by atoms with Gasteiger partial charge < -0.3 is 8.85 Å². The fourth-order valence-electron chi connectivity index (χ4n) is 1.99. The molecule has 0 fully saturated rings. The summed E-state index contributed by atoms with van der Waals surface area (Å²) in [4.78, 5) is 0. The molecule has 102 valence electrons. The van der Waals surface area contributed by atoms with Gasteiger partial charge >= 0.3 is 8.56 Å². The van der Waals surface area contributed by atoms with Gasteiger partial charge in [-0.2, -0.15) is 0 Å². The quantitative estimate of drug-likeness (QED) is 0.578. The van der Waals surface area contributed by atoms with Gasteiger partial charge in [0.2, 0.25) is 0 Å². The predicted octanol–water partition coefficient (Wildman–Crippen LogP) is 4.13. The van der Waals surface area contributed by atoms with Gasteiger partial charge in [-0.1, -0.05) is 29.8 Å². The van der Waals surface area contributed by atoms with E-state index in [1.165, 1.54) is 5.56 Å². The van der Waals surface area contributed by atoms with Gasteiger partial charge in [0.15, 0.2) is 0 Å². The zero-order valence-corrected chi connectivity index (χ0v) is 13.7. The molecule has 1 unspecified atom stereocenters. The van der Waals surface area contributed by atoms with Gasteiger partial charge in [-0.25, -0.2) is 0 Å². The Labute approximate surface area is 117 Å². The van der Waals surface area contributed by atoms with Crippen LogP contribution in [-0.2, 0) is 13.3 Å². The molecule has 0 N–H and O–H groups in total. The van der Waals surface area contributed by atoms with E-state index in [0.717, 1.165) is 5.56 Å². The van der Waals surface area contributed by atoms with Crippen LogP contribution in [0, 0.1) is 6.92 Å². The van der Waals surface area contributed by atoms with Crippen molar-refractivity contribution in [1.82, 2.24) is 0 Å². The van der Waals surface area contributed by atoms with Crippen molar-refractivity contribution < 1.29 is 8.85 Å². The average molecular weight is 287 g/mol. The summed E-state index contributed by atoms with van der Waals surface area (Å²) in [7, 11) is -2.47. The highest BCUT2D eigenvalue weighted by atomic mass is 35.5. The van der Waals surface area contributed by atoms with Gasteiger partial charge in [0.25, 0.3) is 0 Å². The second kappa shape index (κ2) is 6.20. The Bertz CT molecular complexity index is 370. The van der Waals surface area contributed by atoms with Crippen molar-refractivity contribution in [2.45, 2.75) is 38.7 Å². The van der Waals surface area contributed by atoms with Crippen LogP contribution in [0.15, 0.2) is 24.3 Å². The molecular formula is C14H23ClO2Si. The zero-order valence-electron chi connectivity index (χ0n) is 11.9.